The first-order valence-corrected chi connectivity index (χ1v) is 10.5. The van der Waals surface area contributed by atoms with Crippen LogP contribution in [0.2, 0.25) is 0 Å². The van der Waals surface area contributed by atoms with E-state index in [0.717, 1.165) is 6.42 Å². The van der Waals surface area contributed by atoms with Gasteiger partial charge in [0.25, 0.3) is 0 Å². The Morgan fingerprint density at radius 1 is 1.27 bits per heavy atom. The van der Waals surface area contributed by atoms with Gasteiger partial charge in [0, 0.05) is 6.42 Å². The maximum Gasteiger partial charge on any atom is 0.303 e. The van der Waals surface area contributed by atoms with Gasteiger partial charge in [-0.1, -0.05) is 31.6 Å². The van der Waals surface area contributed by atoms with E-state index in [1.54, 1.807) is 0 Å². The first-order chi connectivity index (χ1) is 14.0. The number of carboxylic acid groups (broad SMARTS) is 1. The van der Waals surface area contributed by atoms with Crippen LogP contribution in [0.3, 0.4) is 0 Å². The zero-order chi connectivity index (χ0) is 22.5. The standard InChI is InChI=1S/C23H33NO6/c1-14(2)11-16(4)12-15(3)8-9-18(25)24-17-13-23(29,10-6-5-7-19(26)27)22-21(30-22)20(17)28/h8-9,11,13,15-16,21-22,29H,5-7,10,12H2,1-4H3,(H,24,25)(H,26,27)/b9-8+/t15-,16+,21+,22+,23+/m1/s1. The minimum Gasteiger partial charge on any atom is -0.481 e. The Morgan fingerprint density at radius 3 is 2.60 bits per heavy atom. The quantitative estimate of drug-likeness (QED) is 0.205. The number of carbonyl (C=O) groups is 3. The van der Waals surface area contributed by atoms with Crippen molar-refractivity contribution in [1.29, 1.82) is 0 Å². The summed E-state index contributed by atoms with van der Waals surface area (Å²) in [4.78, 5) is 35.3. The van der Waals surface area contributed by atoms with Crippen molar-refractivity contribution < 1.29 is 29.3 Å². The van der Waals surface area contributed by atoms with Crippen LogP contribution in [0.15, 0.2) is 35.6 Å². The molecule has 7 heteroatoms. The third-order valence-electron chi connectivity index (χ3n) is 5.32. The minimum atomic E-state index is -1.38. The topological polar surface area (TPSA) is 116 Å². The van der Waals surface area contributed by atoms with Gasteiger partial charge in [-0.3, -0.25) is 14.4 Å². The van der Waals surface area contributed by atoms with E-state index in [2.05, 4.69) is 32.2 Å². The van der Waals surface area contributed by atoms with Crippen molar-refractivity contribution in [3.63, 3.8) is 0 Å². The van der Waals surface area contributed by atoms with E-state index in [4.69, 9.17) is 9.84 Å². The Labute approximate surface area is 177 Å². The van der Waals surface area contributed by atoms with Gasteiger partial charge in [0.15, 0.2) is 6.10 Å². The number of fused-ring (bicyclic) bond motifs is 1. The molecule has 0 spiro atoms. The lowest BCUT2D eigenvalue weighted by molar-refractivity contribution is -0.137. The number of amides is 1. The summed E-state index contributed by atoms with van der Waals surface area (Å²) in [5.41, 5.74) is -0.0823. The van der Waals surface area contributed by atoms with Gasteiger partial charge in [0.2, 0.25) is 11.7 Å². The van der Waals surface area contributed by atoms with Crippen LogP contribution < -0.4 is 5.32 Å². The molecule has 0 bridgehead atoms. The summed E-state index contributed by atoms with van der Waals surface area (Å²) in [5.74, 6) is -1.06. The first kappa shape index (κ1) is 24.0. The van der Waals surface area contributed by atoms with Crippen LogP contribution in [0.25, 0.3) is 0 Å². The van der Waals surface area contributed by atoms with E-state index in [9.17, 15) is 19.5 Å². The molecule has 1 fully saturated rings. The number of ether oxygens (including phenoxy) is 1. The van der Waals surface area contributed by atoms with Gasteiger partial charge in [-0.15, -0.1) is 0 Å². The molecule has 0 unspecified atom stereocenters. The highest BCUT2D eigenvalue weighted by atomic mass is 16.6. The molecular weight excluding hydrogens is 386 g/mol. The number of nitrogens with one attached hydrogen (secondary N) is 1. The van der Waals surface area contributed by atoms with Crippen molar-refractivity contribution in [1.82, 2.24) is 5.32 Å². The van der Waals surface area contributed by atoms with Crippen molar-refractivity contribution in [2.45, 2.75) is 77.6 Å². The van der Waals surface area contributed by atoms with Crippen LogP contribution in [0.4, 0.5) is 0 Å². The molecule has 1 aliphatic heterocycles. The van der Waals surface area contributed by atoms with Gasteiger partial charge >= 0.3 is 5.97 Å². The molecule has 5 atom stereocenters. The molecule has 30 heavy (non-hydrogen) atoms. The number of allylic oxidation sites excluding steroid dienone is 3. The van der Waals surface area contributed by atoms with Crippen molar-refractivity contribution >= 4 is 17.7 Å². The lowest BCUT2D eigenvalue weighted by atomic mass is 9.84. The highest BCUT2D eigenvalue weighted by Crippen LogP contribution is 2.42. The lowest BCUT2D eigenvalue weighted by Gasteiger charge is -2.26. The Balaban J connectivity index is 1.94. The van der Waals surface area contributed by atoms with E-state index >= 15 is 0 Å². The zero-order valence-corrected chi connectivity index (χ0v) is 18.2. The molecule has 2 aliphatic rings. The van der Waals surface area contributed by atoms with E-state index in [1.807, 2.05) is 13.0 Å². The highest BCUT2D eigenvalue weighted by Gasteiger charge is 2.60. The van der Waals surface area contributed by atoms with Gasteiger partial charge < -0.3 is 20.3 Å². The van der Waals surface area contributed by atoms with Gasteiger partial charge in [0.1, 0.15) is 11.7 Å². The molecule has 0 aromatic carbocycles. The van der Waals surface area contributed by atoms with Gasteiger partial charge in [-0.05, 0) is 63.5 Å². The Kier molecular flexibility index (Phi) is 8.15. The zero-order valence-electron chi connectivity index (χ0n) is 18.2. The molecular formula is C23H33NO6. The number of rotatable bonds is 11. The van der Waals surface area contributed by atoms with E-state index in [1.165, 1.54) is 17.7 Å². The summed E-state index contributed by atoms with van der Waals surface area (Å²) in [7, 11) is 0. The maximum atomic E-state index is 12.4. The summed E-state index contributed by atoms with van der Waals surface area (Å²) in [6.07, 6.45) is 7.50. The van der Waals surface area contributed by atoms with Crippen molar-refractivity contribution in [2.24, 2.45) is 11.8 Å². The van der Waals surface area contributed by atoms with Crippen molar-refractivity contribution in [2.75, 3.05) is 0 Å². The number of hydrogen-bond donors (Lipinski definition) is 3. The number of hydrogen-bond acceptors (Lipinski definition) is 5. The second kappa shape index (κ2) is 10.2. The molecule has 0 saturated carbocycles. The number of epoxide rings is 1. The molecule has 7 nitrogen and oxygen atoms in total. The van der Waals surface area contributed by atoms with Crippen LogP contribution in [-0.4, -0.2) is 45.7 Å². The number of aliphatic carboxylic acids is 1. The normalized spacial score (nSPS) is 27.1. The van der Waals surface area contributed by atoms with Gasteiger partial charge in [0.05, 0.1) is 5.70 Å². The number of carboxylic acids is 1. The second-order valence-electron chi connectivity index (χ2n) is 8.77. The summed E-state index contributed by atoms with van der Waals surface area (Å²) in [6.45, 7) is 8.27. The average molecular weight is 420 g/mol. The van der Waals surface area contributed by atoms with E-state index in [0.29, 0.717) is 18.8 Å². The average Bonchev–Trinajstić information content (AvgIpc) is 3.43. The molecule has 166 valence electrons. The van der Waals surface area contributed by atoms with E-state index < -0.39 is 29.7 Å². The number of unbranched alkanes of at least 4 members (excludes halogenated alkanes) is 1. The van der Waals surface area contributed by atoms with Crippen molar-refractivity contribution in [3.8, 4) is 0 Å². The van der Waals surface area contributed by atoms with Crippen molar-refractivity contribution in [3.05, 3.63) is 35.6 Å². The first-order valence-electron chi connectivity index (χ1n) is 10.5. The predicted molar refractivity (Wildman–Crippen MR) is 112 cm³/mol. The van der Waals surface area contributed by atoms with Crippen LogP contribution in [-0.2, 0) is 19.1 Å². The molecule has 0 aromatic rings. The third kappa shape index (κ3) is 6.92. The fourth-order valence-electron chi connectivity index (χ4n) is 3.97. The summed E-state index contributed by atoms with van der Waals surface area (Å²) in [5, 5.41) is 22.2. The Hall–Kier alpha value is -2.25. The maximum absolute atomic E-state index is 12.4. The molecule has 1 saturated heterocycles. The fraction of sp³-hybridized carbons (Fsp3) is 0.609. The highest BCUT2D eigenvalue weighted by molar-refractivity contribution is 6.06. The molecule has 0 radical (unpaired) electrons. The van der Waals surface area contributed by atoms with Crippen LogP contribution >= 0.6 is 0 Å². The summed E-state index contributed by atoms with van der Waals surface area (Å²) < 4.78 is 5.33. The smallest absolute Gasteiger partial charge is 0.303 e. The molecule has 1 heterocycles. The molecule has 2 rings (SSSR count). The number of carbonyl (C=O) groups excluding carboxylic acids is 2. The third-order valence-corrected chi connectivity index (χ3v) is 5.32. The number of ketones is 1. The lowest BCUT2D eigenvalue weighted by Crippen LogP contribution is -2.43. The van der Waals surface area contributed by atoms with Crippen LogP contribution in [0.5, 0.6) is 0 Å². The molecule has 1 aliphatic carbocycles. The van der Waals surface area contributed by atoms with Crippen LogP contribution in [0, 0.1) is 11.8 Å². The van der Waals surface area contributed by atoms with Gasteiger partial charge in [-0.2, -0.15) is 0 Å². The Bertz CT molecular complexity index is 764. The van der Waals surface area contributed by atoms with Gasteiger partial charge in [-0.25, -0.2) is 0 Å². The second-order valence-corrected chi connectivity index (χ2v) is 8.77. The van der Waals surface area contributed by atoms with E-state index in [-0.39, 0.29) is 30.2 Å². The monoisotopic (exact) mass is 419 g/mol. The fourth-order valence-corrected chi connectivity index (χ4v) is 3.97. The molecule has 0 aromatic heterocycles. The van der Waals surface area contributed by atoms with Crippen LogP contribution in [0.1, 0.15) is 59.8 Å². The summed E-state index contributed by atoms with van der Waals surface area (Å²) >= 11 is 0. The predicted octanol–water partition coefficient (Wildman–Crippen LogP) is 2.90. The molecule has 1 amide bonds. The number of aliphatic hydroxyl groups is 1. The summed E-state index contributed by atoms with van der Waals surface area (Å²) in [6, 6.07) is 0. The largest absolute Gasteiger partial charge is 0.481 e. The Morgan fingerprint density at radius 2 is 1.97 bits per heavy atom. The minimum absolute atomic E-state index is 0.0203. The molecule has 3 N–H and O–H groups in total. The SMILES string of the molecule is CC(C)=C[C@H](C)C[C@H](C)/C=C/C(=O)NC1=C[C@@](O)(CCCCC(=O)O)[C@H]2O[C@H]2C1=O. The number of Topliss-reactive ketones (excluding diaryl/α,β-unsaturated/α-hetero) is 1.